The van der Waals surface area contributed by atoms with Gasteiger partial charge in [0, 0.05) is 37.6 Å². The Balaban J connectivity index is 1.27. The Hall–Kier alpha value is -4.27. The second-order valence-electron chi connectivity index (χ2n) is 12.1. The van der Waals surface area contributed by atoms with Crippen LogP contribution < -0.4 is 9.80 Å². The molecule has 7 rings (SSSR count). The number of anilines is 2. The minimum absolute atomic E-state index is 0.130. The summed E-state index contributed by atoms with van der Waals surface area (Å²) in [7, 11) is 0. The van der Waals surface area contributed by atoms with Crippen LogP contribution in [-0.2, 0) is 19.1 Å². The smallest absolute Gasteiger partial charge is 0.253 e. The lowest BCUT2D eigenvalue weighted by Gasteiger charge is -2.35. The van der Waals surface area contributed by atoms with E-state index in [1.54, 1.807) is 14.7 Å². The Morgan fingerprint density at radius 2 is 1.48 bits per heavy atom. The largest absolute Gasteiger partial charge is 0.396 e. The van der Waals surface area contributed by atoms with Crippen LogP contribution in [0.25, 0.3) is 10.8 Å². The molecule has 0 bridgehead atoms. The molecule has 5 atom stereocenters. The van der Waals surface area contributed by atoms with Crippen molar-refractivity contribution in [2.45, 2.75) is 43.4 Å². The first kappa shape index (κ1) is 28.5. The van der Waals surface area contributed by atoms with E-state index in [4.69, 9.17) is 4.74 Å². The van der Waals surface area contributed by atoms with E-state index in [-0.39, 0.29) is 24.3 Å². The van der Waals surface area contributed by atoms with Crippen molar-refractivity contribution in [2.24, 2.45) is 11.8 Å². The summed E-state index contributed by atoms with van der Waals surface area (Å²) in [5.74, 6) is -2.16. The van der Waals surface area contributed by atoms with Gasteiger partial charge in [0.25, 0.3) is 5.91 Å². The van der Waals surface area contributed by atoms with Crippen LogP contribution in [0.3, 0.4) is 0 Å². The van der Waals surface area contributed by atoms with Crippen molar-refractivity contribution in [3.05, 3.63) is 97.1 Å². The first-order chi connectivity index (χ1) is 21.5. The average molecular weight is 592 g/mol. The van der Waals surface area contributed by atoms with Crippen molar-refractivity contribution in [3.63, 3.8) is 0 Å². The Kier molecular flexibility index (Phi) is 7.56. The molecular weight excluding hydrogens is 554 g/mol. The fourth-order valence-corrected chi connectivity index (χ4v) is 7.54. The highest BCUT2D eigenvalue weighted by atomic mass is 16.5. The number of fused-ring (bicyclic) bond motifs is 3. The fourth-order valence-electron chi connectivity index (χ4n) is 7.54. The van der Waals surface area contributed by atoms with E-state index in [2.05, 4.69) is 0 Å². The van der Waals surface area contributed by atoms with Gasteiger partial charge in [-0.25, -0.2) is 0 Å². The number of aliphatic hydroxyl groups excluding tert-OH is 1. The number of nitrogens with zero attached hydrogens (tertiary/aromatic N) is 3. The summed E-state index contributed by atoms with van der Waals surface area (Å²) < 4.78 is 6.80. The third kappa shape index (κ3) is 4.64. The van der Waals surface area contributed by atoms with E-state index in [9.17, 15) is 19.5 Å². The molecule has 4 aliphatic heterocycles. The molecule has 226 valence electrons. The normalized spacial score (nSPS) is 27.8. The van der Waals surface area contributed by atoms with Crippen LogP contribution in [0, 0.1) is 11.8 Å². The standard InChI is InChI=1S/C36H37N3O5/c40-23-9-2-1-8-20-39-32-35(43)38(28-18-17-25-12-6-7-13-26(25)24-28)22-11-19-36(32)31(34(39)42)30-29(44-36)16-10-21-37(33(30)41)27-14-4-3-5-15-27/h3-7,10-19,24,29-32,40H,1-2,8-9,20-23H2/t29-,30+,31-,32?,36-/m0/s1. The Bertz CT molecular complexity index is 1640. The number of carbonyl (C=O) groups is 3. The van der Waals surface area contributed by atoms with Gasteiger partial charge in [-0.05, 0) is 47.9 Å². The maximum Gasteiger partial charge on any atom is 0.253 e. The van der Waals surface area contributed by atoms with Gasteiger partial charge < -0.3 is 24.5 Å². The summed E-state index contributed by atoms with van der Waals surface area (Å²) in [6.07, 6.45) is 10.1. The summed E-state index contributed by atoms with van der Waals surface area (Å²) in [4.78, 5) is 48.6. The van der Waals surface area contributed by atoms with E-state index in [0.29, 0.717) is 32.5 Å². The lowest BCUT2D eigenvalue weighted by Crippen LogP contribution is -2.55. The molecule has 0 radical (unpaired) electrons. The van der Waals surface area contributed by atoms with E-state index < -0.39 is 29.6 Å². The molecule has 0 aromatic heterocycles. The average Bonchev–Trinajstić information content (AvgIpc) is 3.35. The number of amides is 3. The van der Waals surface area contributed by atoms with Gasteiger partial charge in [-0.2, -0.15) is 0 Å². The second-order valence-corrected chi connectivity index (χ2v) is 12.1. The van der Waals surface area contributed by atoms with Crippen LogP contribution in [0.1, 0.15) is 25.7 Å². The Morgan fingerprint density at radius 1 is 0.750 bits per heavy atom. The minimum atomic E-state index is -1.26. The highest BCUT2D eigenvalue weighted by Gasteiger charge is 2.71. The highest BCUT2D eigenvalue weighted by Crippen LogP contribution is 2.54. The first-order valence-electron chi connectivity index (χ1n) is 15.6. The third-order valence-electron chi connectivity index (χ3n) is 9.58. The molecule has 2 saturated heterocycles. The van der Waals surface area contributed by atoms with Gasteiger partial charge >= 0.3 is 0 Å². The third-order valence-corrected chi connectivity index (χ3v) is 9.58. The topological polar surface area (TPSA) is 90.4 Å². The van der Waals surface area contributed by atoms with Crippen LogP contribution >= 0.6 is 0 Å². The van der Waals surface area contributed by atoms with Gasteiger partial charge in [-0.1, -0.05) is 85.7 Å². The molecule has 3 aromatic carbocycles. The van der Waals surface area contributed by atoms with Crippen molar-refractivity contribution >= 4 is 39.9 Å². The predicted octanol–water partition coefficient (Wildman–Crippen LogP) is 4.48. The molecule has 1 spiro atoms. The van der Waals surface area contributed by atoms with Gasteiger partial charge in [0.15, 0.2) is 0 Å². The molecule has 0 aliphatic carbocycles. The van der Waals surface area contributed by atoms with Crippen LogP contribution in [0.2, 0.25) is 0 Å². The molecule has 8 nitrogen and oxygen atoms in total. The maximum absolute atomic E-state index is 14.7. The summed E-state index contributed by atoms with van der Waals surface area (Å²) in [6, 6.07) is 22.6. The van der Waals surface area contributed by atoms with Gasteiger partial charge in [0.1, 0.15) is 11.6 Å². The fraction of sp³-hybridized carbons (Fsp3) is 0.361. The van der Waals surface area contributed by atoms with Gasteiger partial charge in [0.2, 0.25) is 11.8 Å². The second kappa shape index (κ2) is 11.7. The zero-order valence-corrected chi connectivity index (χ0v) is 24.6. The molecule has 3 amide bonds. The highest BCUT2D eigenvalue weighted by molar-refractivity contribution is 6.08. The monoisotopic (exact) mass is 591 g/mol. The number of hydrogen-bond donors (Lipinski definition) is 1. The molecule has 4 heterocycles. The van der Waals surface area contributed by atoms with Gasteiger partial charge in [0.05, 0.1) is 17.9 Å². The van der Waals surface area contributed by atoms with Crippen molar-refractivity contribution in [2.75, 3.05) is 36.0 Å². The SMILES string of the molecule is O=C1C2N(CCCCCCO)C(=O)[C@@H]3[C@@H]4C(=O)N(c5ccccc5)CC=C[C@@H]4O[C@]23C=CCN1c1ccc2ccccc2c1. The number of hydrogen-bond acceptors (Lipinski definition) is 5. The molecular formula is C36H37N3O5. The number of para-hydroxylation sites is 1. The number of aliphatic hydroxyl groups is 1. The molecule has 44 heavy (non-hydrogen) atoms. The summed E-state index contributed by atoms with van der Waals surface area (Å²) >= 11 is 0. The van der Waals surface area contributed by atoms with Gasteiger partial charge in [-0.15, -0.1) is 0 Å². The lowest BCUT2D eigenvalue weighted by atomic mass is 9.77. The van der Waals surface area contributed by atoms with Crippen LogP contribution in [0.15, 0.2) is 97.1 Å². The zero-order valence-electron chi connectivity index (χ0n) is 24.6. The number of carbonyl (C=O) groups excluding carboxylic acids is 3. The Morgan fingerprint density at radius 3 is 2.30 bits per heavy atom. The van der Waals surface area contributed by atoms with E-state index in [1.165, 1.54) is 0 Å². The first-order valence-corrected chi connectivity index (χ1v) is 15.6. The number of likely N-dealkylation sites (tertiary alicyclic amines) is 1. The molecule has 0 saturated carbocycles. The number of rotatable bonds is 8. The quantitative estimate of drug-likeness (QED) is 0.308. The summed E-state index contributed by atoms with van der Waals surface area (Å²) in [5, 5.41) is 11.3. The molecule has 3 aromatic rings. The van der Waals surface area contributed by atoms with Gasteiger partial charge in [-0.3, -0.25) is 14.4 Å². The van der Waals surface area contributed by atoms with E-state index in [0.717, 1.165) is 35.0 Å². The molecule has 1 unspecified atom stereocenters. The van der Waals surface area contributed by atoms with Crippen LogP contribution in [0.5, 0.6) is 0 Å². The number of unbranched alkanes of at least 4 members (excludes halogenated alkanes) is 3. The zero-order chi connectivity index (χ0) is 30.3. The molecule has 2 fully saturated rings. The minimum Gasteiger partial charge on any atom is -0.396 e. The van der Waals surface area contributed by atoms with Crippen molar-refractivity contribution in [1.29, 1.82) is 0 Å². The summed E-state index contributed by atoms with van der Waals surface area (Å²) in [5.41, 5.74) is 0.258. The van der Waals surface area contributed by atoms with Crippen LogP contribution in [0.4, 0.5) is 11.4 Å². The molecule has 8 heteroatoms. The maximum atomic E-state index is 14.7. The predicted molar refractivity (Wildman–Crippen MR) is 169 cm³/mol. The Labute approximate surface area is 257 Å². The van der Waals surface area contributed by atoms with E-state index in [1.807, 2.05) is 97.1 Å². The number of ether oxygens (including phenoxy) is 1. The van der Waals surface area contributed by atoms with Crippen molar-refractivity contribution in [1.82, 2.24) is 4.90 Å². The molecule has 4 aliphatic rings. The van der Waals surface area contributed by atoms with Crippen molar-refractivity contribution < 1.29 is 24.2 Å². The summed E-state index contributed by atoms with van der Waals surface area (Å²) in [6.45, 7) is 1.23. The van der Waals surface area contributed by atoms with Crippen LogP contribution in [-0.4, -0.2) is 71.7 Å². The molecule has 1 N–H and O–H groups in total. The lowest BCUT2D eigenvalue weighted by molar-refractivity contribution is -0.140. The number of benzene rings is 3. The van der Waals surface area contributed by atoms with E-state index >= 15 is 0 Å². The van der Waals surface area contributed by atoms with Crippen molar-refractivity contribution in [3.8, 4) is 0 Å².